The molecule has 0 fully saturated rings. The Morgan fingerprint density at radius 3 is 2.63 bits per heavy atom. The summed E-state index contributed by atoms with van der Waals surface area (Å²) in [5.74, 6) is -1.55. The average molecular weight is 285 g/mol. The monoisotopic (exact) mass is 284 g/mol. The summed E-state index contributed by atoms with van der Waals surface area (Å²) in [7, 11) is 0. The van der Waals surface area contributed by atoms with Gasteiger partial charge in [0, 0.05) is 5.02 Å². The fraction of sp³-hybridized carbons (Fsp3) is 0.385. The topological polar surface area (TPSA) is 92.4 Å². The van der Waals surface area contributed by atoms with Crippen LogP contribution in [0.25, 0.3) is 0 Å². The molecule has 0 aromatic heterocycles. The third kappa shape index (κ3) is 3.94. The van der Waals surface area contributed by atoms with E-state index in [4.69, 9.17) is 22.4 Å². The van der Waals surface area contributed by atoms with Crippen molar-refractivity contribution < 1.29 is 14.7 Å². The molecule has 0 saturated heterocycles. The maximum Gasteiger partial charge on any atom is 0.337 e. The molecule has 0 saturated carbocycles. The zero-order valence-electron chi connectivity index (χ0n) is 10.8. The van der Waals surface area contributed by atoms with Crippen molar-refractivity contribution in [3.8, 4) is 0 Å². The minimum absolute atomic E-state index is 0.00691. The van der Waals surface area contributed by atoms with E-state index >= 15 is 0 Å². The van der Waals surface area contributed by atoms with Crippen molar-refractivity contribution >= 4 is 29.2 Å². The zero-order chi connectivity index (χ0) is 14.6. The molecule has 4 N–H and O–H groups in total. The molecule has 0 spiro atoms. The van der Waals surface area contributed by atoms with Crippen LogP contribution in [0.1, 0.15) is 30.6 Å². The quantitative estimate of drug-likeness (QED) is 0.774. The van der Waals surface area contributed by atoms with E-state index in [0.29, 0.717) is 5.02 Å². The van der Waals surface area contributed by atoms with E-state index in [9.17, 15) is 9.59 Å². The average Bonchev–Trinajstić information content (AvgIpc) is 2.36. The number of benzene rings is 1. The number of carbonyl (C=O) groups excluding carboxylic acids is 1. The van der Waals surface area contributed by atoms with Gasteiger partial charge in [0.1, 0.15) is 0 Å². The predicted molar refractivity (Wildman–Crippen MR) is 74.5 cm³/mol. The molecular formula is C13H17ClN2O3. The number of nitrogens with two attached hydrogens (primary N) is 1. The van der Waals surface area contributed by atoms with Gasteiger partial charge in [-0.25, -0.2) is 4.79 Å². The number of hydrogen-bond acceptors (Lipinski definition) is 3. The van der Waals surface area contributed by atoms with Gasteiger partial charge >= 0.3 is 5.97 Å². The van der Waals surface area contributed by atoms with Gasteiger partial charge in [-0.1, -0.05) is 31.9 Å². The molecule has 2 atom stereocenters. The van der Waals surface area contributed by atoms with Gasteiger partial charge in [-0.05, 0) is 24.1 Å². The number of anilines is 1. The van der Waals surface area contributed by atoms with Crippen LogP contribution in [0.5, 0.6) is 0 Å². The number of hydrogen-bond donors (Lipinski definition) is 3. The Morgan fingerprint density at radius 2 is 2.11 bits per heavy atom. The molecule has 0 heterocycles. The van der Waals surface area contributed by atoms with Gasteiger partial charge in [0.15, 0.2) is 0 Å². The number of carboxylic acids is 1. The van der Waals surface area contributed by atoms with Crippen LogP contribution in [0, 0.1) is 5.92 Å². The molecule has 0 aliphatic carbocycles. The van der Waals surface area contributed by atoms with Crippen molar-refractivity contribution in [3.05, 3.63) is 28.8 Å². The van der Waals surface area contributed by atoms with Gasteiger partial charge in [-0.3, -0.25) is 4.79 Å². The summed E-state index contributed by atoms with van der Waals surface area (Å²) in [6.45, 7) is 3.79. The first kappa shape index (κ1) is 15.5. The minimum atomic E-state index is -1.14. The van der Waals surface area contributed by atoms with Gasteiger partial charge in [0.25, 0.3) is 0 Å². The lowest BCUT2D eigenvalue weighted by atomic mass is 9.99. The number of carbonyl (C=O) groups is 2. The summed E-state index contributed by atoms with van der Waals surface area (Å²) in [4.78, 5) is 23.0. The largest absolute Gasteiger partial charge is 0.478 e. The van der Waals surface area contributed by atoms with Gasteiger partial charge in [-0.15, -0.1) is 0 Å². The van der Waals surface area contributed by atoms with Crippen LogP contribution in [-0.2, 0) is 4.79 Å². The molecule has 1 unspecified atom stereocenters. The highest BCUT2D eigenvalue weighted by Crippen LogP contribution is 2.21. The van der Waals surface area contributed by atoms with Crippen LogP contribution in [0.2, 0.25) is 5.02 Å². The molecular weight excluding hydrogens is 268 g/mol. The van der Waals surface area contributed by atoms with E-state index < -0.39 is 17.9 Å². The molecule has 0 radical (unpaired) electrons. The molecule has 5 nitrogen and oxygen atoms in total. The van der Waals surface area contributed by atoms with Crippen molar-refractivity contribution in [2.75, 3.05) is 5.32 Å². The first-order chi connectivity index (χ1) is 8.86. The Bertz CT molecular complexity index is 491. The molecule has 0 aliphatic rings. The molecule has 104 valence electrons. The first-order valence-corrected chi connectivity index (χ1v) is 6.33. The normalized spacial score (nSPS) is 13.7. The fourth-order valence-electron chi connectivity index (χ4n) is 1.53. The van der Waals surface area contributed by atoms with Crippen molar-refractivity contribution in [2.45, 2.75) is 26.3 Å². The van der Waals surface area contributed by atoms with Crippen molar-refractivity contribution in [1.29, 1.82) is 0 Å². The summed E-state index contributed by atoms with van der Waals surface area (Å²) in [5.41, 5.74) is 5.93. The van der Waals surface area contributed by atoms with Crippen LogP contribution in [0.15, 0.2) is 18.2 Å². The van der Waals surface area contributed by atoms with Gasteiger partial charge in [0.2, 0.25) is 5.91 Å². The van der Waals surface area contributed by atoms with Crippen LogP contribution in [0.4, 0.5) is 5.69 Å². The highest BCUT2D eigenvalue weighted by atomic mass is 35.5. The molecule has 0 aliphatic heterocycles. The Hall–Kier alpha value is -1.59. The van der Waals surface area contributed by atoms with E-state index in [2.05, 4.69) is 5.32 Å². The summed E-state index contributed by atoms with van der Waals surface area (Å²) in [5, 5.41) is 11.9. The molecule has 1 rings (SSSR count). The number of rotatable bonds is 5. The number of carboxylic acid groups (broad SMARTS) is 1. The van der Waals surface area contributed by atoms with Crippen LogP contribution in [0.3, 0.4) is 0 Å². The van der Waals surface area contributed by atoms with E-state index in [1.807, 2.05) is 13.8 Å². The Morgan fingerprint density at radius 1 is 1.47 bits per heavy atom. The van der Waals surface area contributed by atoms with Crippen LogP contribution in [-0.4, -0.2) is 23.0 Å². The second-order valence-corrected chi connectivity index (χ2v) is 4.83. The molecule has 1 aromatic rings. The van der Waals surface area contributed by atoms with Crippen molar-refractivity contribution in [2.24, 2.45) is 11.7 Å². The lowest BCUT2D eigenvalue weighted by Crippen LogP contribution is -2.40. The molecule has 0 bridgehead atoms. The number of halogens is 1. The van der Waals surface area contributed by atoms with Gasteiger partial charge in [0.05, 0.1) is 17.3 Å². The number of amides is 1. The lowest BCUT2D eigenvalue weighted by molar-refractivity contribution is -0.118. The second-order valence-electron chi connectivity index (χ2n) is 4.40. The van der Waals surface area contributed by atoms with Crippen LogP contribution >= 0.6 is 11.6 Å². The van der Waals surface area contributed by atoms with Crippen LogP contribution < -0.4 is 11.1 Å². The SMILES string of the molecule is CCC(C)[C@H](N)C(=O)Nc1cc(Cl)ccc1C(=O)O. The van der Waals surface area contributed by atoms with E-state index in [-0.39, 0.29) is 17.2 Å². The highest BCUT2D eigenvalue weighted by molar-refractivity contribution is 6.31. The highest BCUT2D eigenvalue weighted by Gasteiger charge is 2.21. The number of aromatic carboxylic acids is 1. The molecule has 1 aromatic carbocycles. The second kappa shape index (κ2) is 6.54. The Balaban J connectivity index is 2.95. The maximum absolute atomic E-state index is 11.9. The van der Waals surface area contributed by atoms with E-state index in [1.54, 1.807) is 0 Å². The lowest BCUT2D eigenvalue weighted by Gasteiger charge is -2.18. The summed E-state index contributed by atoms with van der Waals surface area (Å²) in [6, 6.07) is 3.50. The van der Waals surface area contributed by atoms with E-state index in [1.165, 1.54) is 18.2 Å². The zero-order valence-corrected chi connectivity index (χ0v) is 11.6. The number of nitrogens with one attached hydrogen (secondary N) is 1. The standard InChI is InChI=1S/C13H17ClN2O3/c1-3-7(2)11(15)12(17)16-10-6-8(14)4-5-9(10)13(18)19/h4-7,11H,3,15H2,1-2H3,(H,16,17)(H,18,19)/t7?,11-/m0/s1. The summed E-state index contributed by atoms with van der Waals surface area (Å²) in [6.07, 6.45) is 0.760. The summed E-state index contributed by atoms with van der Waals surface area (Å²) < 4.78 is 0. The third-order valence-corrected chi connectivity index (χ3v) is 3.26. The maximum atomic E-state index is 11.9. The first-order valence-electron chi connectivity index (χ1n) is 5.96. The summed E-state index contributed by atoms with van der Waals surface area (Å²) >= 11 is 5.80. The van der Waals surface area contributed by atoms with Gasteiger partial charge in [-0.2, -0.15) is 0 Å². The van der Waals surface area contributed by atoms with Crippen molar-refractivity contribution in [3.63, 3.8) is 0 Å². The third-order valence-electron chi connectivity index (χ3n) is 3.03. The Kier molecular flexibility index (Phi) is 5.32. The van der Waals surface area contributed by atoms with E-state index in [0.717, 1.165) is 6.42 Å². The van der Waals surface area contributed by atoms with Gasteiger partial charge < -0.3 is 16.2 Å². The molecule has 6 heteroatoms. The predicted octanol–water partition coefficient (Wildman–Crippen LogP) is 2.35. The smallest absolute Gasteiger partial charge is 0.337 e. The Labute approximate surface area is 116 Å². The fourth-order valence-corrected chi connectivity index (χ4v) is 1.71. The minimum Gasteiger partial charge on any atom is -0.478 e. The molecule has 19 heavy (non-hydrogen) atoms. The van der Waals surface area contributed by atoms with Crippen molar-refractivity contribution in [1.82, 2.24) is 0 Å². The molecule has 1 amide bonds.